The smallest absolute Gasteiger partial charge is 0.293 e. The van der Waals surface area contributed by atoms with Crippen LogP contribution in [0.1, 0.15) is 13.8 Å². The Morgan fingerprint density at radius 2 is 1.23 bits per heavy atom. The Hall–Kier alpha value is -1.05. The lowest BCUT2D eigenvalue weighted by Crippen LogP contribution is -2.33. The fraction of sp³-hybridized carbons (Fsp3) is 0.500. The molecule has 0 aliphatic heterocycles. The topological polar surface area (TPSA) is 35.5 Å². The standard InChI is InChI=1S/C12H13F6O3P/c1-8(11(13,14)15)20-22(19,10-6-4-3-5-7-10)21-9(2)12(16,17)18/h3-9H,1-2H3. The third kappa shape index (κ3) is 5.00. The number of halogens is 6. The first-order chi connectivity index (χ1) is 9.86. The Bertz CT molecular complexity index is 502. The average molecular weight is 350 g/mol. The van der Waals surface area contributed by atoms with Crippen LogP contribution < -0.4 is 5.30 Å². The van der Waals surface area contributed by atoms with Gasteiger partial charge in [-0.2, -0.15) is 26.3 Å². The van der Waals surface area contributed by atoms with Gasteiger partial charge in [0, 0.05) is 0 Å². The fourth-order valence-corrected chi connectivity index (χ4v) is 3.20. The van der Waals surface area contributed by atoms with Crippen molar-refractivity contribution < 1.29 is 40.0 Å². The molecule has 1 aromatic rings. The lowest BCUT2D eigenvalue weighted by atomic mass is 10.4. The van der Waals surface area contributed by atoms with Crippen molar-refractivity contribution in [3.8, 4) is 0 Å². The summed E-state index contributed by atoms with van der Waals surface area (Å²) < 4.78 is 96.5. The van der Waals surface area contributed by atoms with E-state index in [4.69, 9.17) is 0 Å². The summed E-state index contributed by atoms with van der Waals surface area (Å²) >= 11 is 0. The first kappa shape index (κ1) is 19.0. The lowest BCUT2D eigenvalue weighted by Gasteiger charge is -2.27. The predicted octanol–water partition coefficient (Wildman–Crippen LogP) is 4.44. The molecule has 2 unspecified atom stereocenters. The Labute approximate surface area is 122 Å². The monoisotopic (exact) mass is 350 g/mol. The van der Waals surface area contributed by atoms with Crippen molar-refractivity contribution in [1.29, 1.82) is 0 Å². The van der Waals surface area contributed by atoms with Gasteiger partial charge >= 0.3 is 19.9 Å². The molecule has 1 rings (SSSR count). The fourth-order valence-electron chi connectivity index (χ4n) is 1.29. The molecule has 0 bridgehead atoms. The molecule has 0 spiro atoms. The van der Waals surface area contributed by atoms with E-state index >= 15 is 0 Å². The van der Waals surface area contributed by atoms with Gasteiger partial charge in [0.1, 0.15) is 0 Å². The van der Waals surface area contributed by atoms with Crippen LogP contribution in [-0.2, 0) is 13.6 Å². The summed E-state index contributed by atoms with van der Waals surface area (Å²) in [6.45, 7) is 1.08. The van der Waals surface area contributed by atoms with Crippen molar-refractivity contribution in [2.24, 2.45) is 0 Å². The van der Waals surface area contributed by atoms with E-state index in [1.165, 1.54) is 18.2 Å². The van der Waals surface area contributed by atoms with E-state index in [0.29, 0.717) is 13.8 Å². The van der Waals surface area contributed by atoms with E-state index in [9.17, 15) is 30.9 Å². The molecule has 126 valence electrons. The molecule has 0 fully saturated rings. The van der Waals surface area contributed by atoms with Gasteiger partial charge < -0.3 is 0 Å². The first-order valence-electron chi connectivity index (χ1n) is 6.02. The maximum Gasteiger partial charge on any atom is 0.414 e. The number of rotatable bonds is 5. The summed E-state index contributed by atoms with van der Waals surface area (Å²) in [6, 6.07) is 6.20. The molecule has 0 N–H and O–H groups in total. The zero-order chi connectivity index (χ0) is 17.2. The summed E-state index contributed by atoms with van der Waals surface area (Å²) in [4.78, 5) is 0. The van der Waals surface area contributed by atoms with Crippen molar-refractivity contribution in [2.45, 2.75) is 38.4 Å². The molecule has 0 aromatic heterocycles. The average Bonchev–Trinajstić information content (AvgIpc) is 2.37. The molecule has 10 heteroatoms. The van der Waals surface area contributed by atoms with Gasteiger partial charge in [0.15, 0.2) is 12.2 Å². The second-order valence-corrected chi connectivity index (χ2v) is 6.34. The number of hydrogen-bond donors (Lipinski definition) is 0. The zero-order valence-electron chi connectivity index (χ0n) is 11.5. The largest absolute Gasteiger partial charge is 0.414 e. The predicted molar refractivity (Wildman–Crippen MR) is 66.9 cm³/mol. The Morgan fingerprint density at radius 1 is 0.864 bits per heavy atom. The van der Waals surface area contributed by atoms with E-state index in [-0.39, 0.29) is 5.30 Å². The highest BCUT2D eigenvalue weighted by molar-refractivity contribution is 7.62. The van der Waals surface area contributed by atoms with Gasteiger partial charge in [-0.3, -0.25) is 13.6 Å². The Kier molecular flexibility index (Phi) is 5.70. The van der Waals surface area contributed by atoms with Crippen molar-refractivity contribution in [3.63, 3.8) is 0 Å². The van der Waals surface area contributed by atoms with Crippen LogP contribution in [-0.4, -0.2) is 24.6 Å². The molecule has 0 saturated heterocycles. The van der Waals surface area contributed by atoms with Crippen LogP contribution in [0.2, 0.25) is 0 Å². The van der Waals surface area contributed by atoms with Crippen LogP contribution in [0, 0.1) is 0 Å². The number of hydrogen-bond acceptors (Lipinski definition) is 3. The van der Waals surface area contributed by atoms with E-state index in [1.54, 1.807) is 0 Å². The summed E-state index contributed by atoms with van der Waals surface area (Å²) in [5, 5.41) is -0.387. The van der Waals surface area contributed by atoms with Crippen LogP contribution in [0.4, 0.5) is 26.3 Å². The highest BCUT2D eigenvalue weighted by Gasteiger charge is 2.47. The van der Waals surface area contributed by atoms with Crippen molar-refractivity contribution in [2.75, 3.05) is 0 Å². The third-order valence-electron chi connectivity index (χ3n) is 2.59. The maximum absolute atomic E-state index is 12.5. The van der Waals surface area contributed by atoms with Crippen molar-refractivity contribution in [1.82, 2.24) is 0 Å². The third-order valence-corrected chi connectivity index (χ3v) is 4.71. The van der Waals surface area contributed by atoms with E-state index < -0.39 is 32.2 Å². The minimum absolute atomic E-state index is 0.387. The SMILES string of the molecule is CC(OP(=O)(OC(C)C(F)(F)F)c1ccccc1)C(F)(F)F. The van der Waals surface area contributed by atoms with Gasteiger partial charge in [0.2, 0.25) is 0 Å². The molecule has 0 heterocycles. The molecule has 0 aliphatic carbocycles. The summed E-state index contributed by atoms with van der Waals surface area (Å²) in [5.74, 6) is 0. The van der Waals surface area contributed by atoms with E-state index in [0.717, 1.165) is 12.1 Å². The van der Waals surface area contributed by atoms with E-state index in [1.807, 2.05) is 0 Å². The molecule has 0 radical (unpaired) electrons. The van der Waals surface area contributed by atoms with Crippen LogP contribution >= 0.6 is 7.60 Å². The van der Waals surface area contributed by atoms with Crippen LogP contribution in [0.5, 0.6) is 0 Å². The van der Waals surface area contributed by atoms with Gasteiger partial charge in [-0.15, -0.1) is 0 Å². The maximum atomic E-state index is 12.5. The molecule has 0 saturated carbocycles. The molecule has 3 nitrogen and oxygen atoms in total. The number of alkyl halides is 6. The molecule has 1 aromatic carbocycles. The highest BCUT2D eigenvalue weighted by Crippen LogP contribution is 2.52. The lowest BCUT2D eigenvalue weighted by molar-refractivity contribution is -0.203. The Morgan fingerprint density at radius 3 is 1.55 bits per heavy atom. The summed E-state index contributed by atoms with van der Waals surface area (Å²) in [5.41, 5.74) is 0. The van der Waals surface area contributed by atoms with Gasteiger partial charge in [-0.05, 0) is 26.0 Å². The van der Waals surface area contributed by atoms with Gasteiger partial charge in [0.05, 0.1) is 5.30 Å². The second kappa shape index (κ2) is 6.60. The number of benzene rings is 1. The molecule has 0 aliphatic rings. The van der Waals surface area contributed by atoms with Crippen LogP contribution in [0.25, 0.3) is 0 Å². The molecular formula is C12H13F6O3P. The summed E-state index contributed by atoms with van der Waals surface area (Å²) in [7, 11) is -4.82. The summed E-state index contributed by atoms with van der Waals surface area (Å²) in [6.07, 6.45) is -14.9. The quantitative estimate of drug-likeness (QED) is 0.582. The molecular weight excluding hydrogens is 337 g/mol. The molecule has 22 heavy (non-hydrogen) atoms. The first-order valence-corrected chi connectivity index (χ1v) is 7.56. The zero-order valence-corrected chi connectivity index (χ0v) is 12.4. The molecule has 0 amide bonds. The minimum atomic E-state index is -4.89. The van der Waals surface area contributed by atoms with Gasteiger partial charge in [-0.1, -0.05) is 18.2 Å². The van der Waals surface area contributed by atoms with Crippen LogP contribution in [0.15, 0.2) is 30.3 Å². The highest BCUT2D eigenvalue weighted by atomic mass is 31.2. The van der Waals surface area contributed by atoms with E-state index in [2.05, 4.69) is 9.05 Å². The normalized spacial score (nSPS) is 18.5. The van der Waals surface area contributed by atoms with Crippen molar-refractivity contribution >= 4 is 12.9 Å². The van der Waals surface area contributed by atoms with Gasteiger partial charge in [0.25, 0.3) is 0 Å². The molecule has 2 atom stereocenters. The minimum Gasteiger partial charge on any atom is -0.293 e. The van der Waals surface area contributed by atoms with Crippen molar-refractivity contribution in [3.05, 3.63) is 30.3 Å². The second-order valence-electron chi connectivity index (χ2n) is 4.41. The Balaban J connectivity index is 3.14. The van der Waals surface area contributed by atoms with Gasteiger partial charge in [-0.25, -0.2) is 0 Å². The van der Waals surface area contributed by atoms with Crippen LogP contribution in [0.3, 0.4) is 0 Å².